The maximum Gasteiger partial charge on any atom is 0.490 e. The lowest BCUT2D eigenvalue weighted by Crippen LogP contribution is -2.46. The summed E-state index contributed by atoms with van der Waals surface area (Å²) in [6.07, 6.45) is 2.47. The molecule has 0 atom stereocenters. The number of halogens is 3. The second-order valence-corrected chi connectivity index (χ2v) is 6.83. The van der Waals surface area contributed by atoms with Crippen molar-refractivity contribution in [3.05, 3.63) is 54.6 Å². The molecule has 1 aromatic carbocycles. The van der Waals surface area contributed by atoms with E-state index in [2.05, 4.69) is 31.9 Å². The smallest absolute Gasteiger partial charge is 0.490 e. The third kappa shape index (κ3) is 5.85. The van der Waals surface area contributed by atoms with Crippen molar-refractivity contribution in [3.63, 3.8) is 0 Å². The standard InChI is InChI=1S/C18H21N5O.C2HF3O2/c1-24-16-4-2-3-15(13-16)14-21-9-11-23(12-10-21)18-17-19-5-7-22(17)8-6-20-18;3-2(4,5)1(6)7/h2-8,13H,9-12,14H2,1H3;(H,6,7). The number of carboxylic acids is 1. The fourth-order valence-electron chi connectivity index (χ4n) is 3.21. The third-order valence-corrected chi connectivity index (χ3v) is 4.75. The topological polar surface area (TPSA) is 83.2 Å². The molecule has 0 amide bonds. The lowest BCUT2D eigenvalue weighted by Gasteiger charge is -2.35. The van der Waals surface area contributed by atoms with Crippen LogP contribution in [-0.4, -0.2) is 69.8 Å². The molecule has 3 heterocycles. The Morgan fingerprint density at radius 2 is 1.77 bits per heavy atom. The molecule has 2 aromatic heterocycles. The van der Waals surface area contributed by atoms with Gasteiger partial charge in [-0.05, 0) is 17.7 Å². The molecule has 0 spiro atoms. The van der Waals surface area contributed by atoms with Crippen LogP contribution in [0.4, 0.5) is 19.0 Å². The van der Waals surface area contributed by atoms with Crippen LogP contribution < -0.4 is 9.64 Å². The largest absolute Gasteiger partial charge is 0.497 e. The van der Waals surface area contributed by atoms with E-state index in [0.29, 0.717) is 0 Å². The van der Waals surface area contributed by atoms with Gasteiger partial charge in [-0.1, -0.05) is 12.1 Å². The van der Waals surface area contributed by atoms with E-state index >= 15 is 0 Å². The highest BCUT2D eigenvalue weighted by Crippen LogP contribution is 2.20. The number of anilines is 1. The number of imidazole rings is 1. The molecule has 3 aromatic rings. The molecular formula is C20H22F3N5O3. The summed E-state index contributed by atoms with van der Waals surface area (Å²) >= 11 is 0. The van der Waals surface area contributed by atoms with Crippen LogP contribution in [0.2, 0.25) is 0 Å². The number of fused-ring (bicyclic) bond motifs is 1. The summed E-state index contributed by atoms with van der Waals surface area (Å²) in [5.41, 5.74) is 2.22. The van der Waals surface area contributed by atoms with E-state index < -0.39 is 12.1 Å². The van der Waals surface area contributed by atoms with Crippen molar-refractivity contribution in [2.45, 2.75) is 12.7 Å². The van der Waals surface area contributed by atoms with Gasteiger partial charge in [-0.2, -0.15) is 13.2 Å². The lowest BCUT2D eigenvalue weighted by atomic mass is 10.2. The summed E-state index contributed by atoms with van der Waals surface area (Å²) in [5, 5.41) is 7.12. The van der Waals surface area contributed by atoms with Gasteiger partial charge < -0.3 is 19.1 Å². The molecule has 166 valence electrons. The van der Waals surface area contributed by atoms with Gasteiger partial charge in [0, 0.05) is 57.5 Å². The predicted molar refractivity (Wildman–Crippen MR) is 107 cm³/mol. The molecule has 1 saturated heterocycles. The average molecular weight is 437 g/mol. The molecule has 11 heteroatoms. The van der Waals surface area contributed by atoms with Gasteiger partial charge >= 0.3 is 12.1 Å². The number of carbonyl (C=O) groups is 1. The second kappa shape index (κ2) is 9.65. The number of nitrogens with zero attached hydrogens (tertiary/aromatic N) is 5. The summed E-state index contributed by atoms with van der Waals surface area (Å²) in [4.78, 5) is 22.7. The summed E-state index contributed by atoms with van der Waals surface area (Å²) < 4.78 is 39.1. The van der Waals surface area contributed by atoms with E-state index in [1.54, 1.807) is 7.11 Å². The number of methoxy groups -OCH3 is 1. The Labute approximate surface area is 176 Å². The molecule has 0 unspecified atom stereocenters. The molecule has 1 fully saturated rings. The van der Waals surface area contributed by atoms with Crippen molar-refractivity contribution in [1.82, 2.24) is 19.3 Å². The van der Waals surface area contributed by atoms with Crippen LogP contribution in [0.1, 0.15) is 5.56 Å². The number of piperazine rings is 1. The van der Waals surface area contributed by atoms with Crippen LogP contribution in [-0.2, 0) is 11.3 Å². The highest BCUT2D eigenvalue weighted by atomic mass is 19.4. The van der Waals surface area contributed by atoms with E-state index in [9.17, 15) is 13.2 Å². The molecule has 0 radical (unpaired) electrons. The summed E-state index contributed by atoms with van der Waals surface area (Å²) in [6.45, 7) is 4.90. The van der Waals surface area contributed by atoms with Gasteiger partial charge in [0.25, 0.3) is 0 Å². The molecule has 0 aliphatic carbocycles. The Morgan fingerprint density at radius 1 is 1.13 bits per heavy atom. The van der Waals surface area contributed by atoms with E-state index in [0.717, 1.165) is 49.9 Å². The molecule has 8 nitrogen and oxygen atoms in total. The van der Waals surface area contributed by atoms with E-state index in [4.69, 9.17) is 14.6 Å². The van der Waals surface area contributed by atoms with Crippen LogP contribution in [0.15, 0.2) is 49.1 Å². The number of rotatable bonds is 4. The number of aliphatic carboxylic acids is 1. The predicted octanol–water partition coefficient (Wildman–Crippen LogP) is 2.69. The molecule has 31 heavy (non-hydrogen) atoms. The van der Waals surface area contributed by atoms with Crippen molar-refractivity contribution in [3.8, 4) is 5.75 Å². The summed E-state index contributed by atoms with van der Waals surface area (Å²) in [5.74, 6) is -0.864. The molecule has 0 saturated carbocycles. The van der Waals surface area contributed by atoms with Crippen LogP contribution in [0, 0.1) is 0 Å². The number of hydrogen-bond donors (Lipinski definition) is 1. The first kappa shape index (κ1) is 22.3. The van der Waals surface area contributed by atoms with Crippen molar-refractivity contribution >= 4 is 17.4 Å². The Balaban J connectivity index is 0.000000339. The minimum Gasteiger partial charge on any atom is -0.497 e. The highest BCUT2D eigenvalue weighted by Gasteiger charge is 2.38. The Bertz CT molecular complexity index is 1020. The number of ether oxygens (including phenoxy) is 1. The van der Waals surface area contributed by atoms with Gasteiger partial charge in [0.05, 0.1) is 7.11 Å². The maximum atomic E-state index is 10.6. The number of aromatic nitrogens is 3. The molecular weight excluding hydrogens is 415 g/mol. The number of hydrogen-bond acceptors (Lipinski definition) is 6. The number of carboxylic acid groups (broad SMARTS) is 1. The zero-order chi connectivity index (χ0) is 22.4. The average Bonchev–Trinajstić information content (AvgIpc) is 3.23. The van der Waals surface area contributed by atoms with Crippen molar-refractivity contribution in [2.24, 2.45) is 0 Å². The molecule has 4 rings (SSSR count). The number of benzene rings is 1. The van der Waals surface area contributed by atoms with Crippen molar-refractivity contribution in [2.75, 3.05) is 38.2 Å². The Morgan fingerprint density at radius 3 is 2.39 bits per heavy atom. The van der Waals surface area contributed by atoms with Gasteiger partial charge in [0.1, 0.15) is 5.75 Å². The van der Waals surface area contributed by atoms with Crippen LogP contribution in [0.3, 0.4) is 0 Å². The maximum absolute atomic E-state index is 10.6. The normalized spacial score (nSPS) is 14.8. The zero-order valence-electron chi connectivity index (χ0n) is 16.8. The second-order valence-electron chi connectivity index (χ2n) is 6.83. The SMILES string of the molecule is COc1cccc(CN2CCN(c3nccn4ccnc34)CC2)c1.O=C(O)C(F)(F)F. The summed E-state index contributed by atoms with van der Waals surface area (Å²) in [7, 11) is 1.71. The zero-order valence-corrected chi connectivity index (χ0v) is 16.8. The third-order valence-electron chi connectivity index (χ3n) is 4.75. The van der Waals surface area contributed by atoms with E-state index in [1.807, 2.05) is 41.3 Å². The minimum atomic E-state index is -5.08. The van der Waals surface area contributed by atoms with Gasteiger partial charge in [-0.3, -0.25) is 4.90 Å². The number of alkyl halides is 3. The molecule has 1 N–H and O–H groups in total. The minimum absolute atomic E-state index is 0.918. The fourth-order valence-corrected chi connectivity index (χ4v) is 3.21. The van der Waals surface area contributed by atoms with E-state index in [-0.39, 0.29) is 0 Å². The van der Waals surface area contributed by atoms with Gasteiger partial charge in [0.15, 0.2) is 11.5 Å². The van der Waals surface area contributed by atoms with Crippen molar-refractivity contribution in [1.29, 1.82) is 0 Å². The van der Waals surface area contributed by atoms with Crippen LogP contribution >= 0.6 is 0 Å². The lowest BCUT2D eigenvalue weighted by molar-refractivity contribution is -0.192. The Hall–Kier alpha value is -3.34. The van der Waals surface area contributed by atoms with Crippen LogP contribution in [0.5, 0.6) is 5.75 Å². The molecule has 1 aliphatic rings. The first-order chi connectivity index (χ1) is 14.8. The monoisotopic (exact) mass is 437 g/mol. The van der Waals surface area contributed by atoms with Crippen molar-refractivity contribution < 1.29 is 27.8 Å². The van der Waals surface area contributed by atoms with Gasteiger partial charge in [-0.15, -0.1) is 0 Å². The highest BCUT2D eigenvalue weighted by molar-refractivity contribution is 5.73. The fraction of sp³-hybridized carbons (Fsp3) is 0.350. The summed E-state index contributed by atoms with van der Waals surface area (Å²) in [6, 6.07) is 8.30. The first-order valence-electron chi connectivity index (χ1n) is 9.46. The first-order valence-corrected chi connectivity index (χ1v) is 9.46. The van der Waals surface area contributed by atoms with Gasteiger partial charge in [0.2, 0.25) is 0 Å². The Kier molecular flexibility index (Phi) is 6.95. The molecule has 1 aliphatic heterocycles. The van der Waals surface area contributed by atoms with E-state index in [1.165, 1.54) is 5.56 Å². The van der Waals surface area contributed by atoms with Gasteiger partial charge in [-0.25, -0.2) is 14.8 Å². The quantitative estimate of drug-likeness (QED) is 0.672. The molecule has 0 bridgehead atoms. The van der Waals surface area contributed by atoms with Crippen LogP contribution in [0.25, 0.3) is 5.65 Å².